The second-order valence-electron chi connectivity index (χ2n) is 5.95. The van der Waals surface area contributed by atoms with Gasteiger partial charge >= 0.3 is 6.03 Å². The molecule has 2 atom stereocenters. The van der Waals surface area contributed by atoms with Crippen LogP contribution in [0.3, 0.4) is 0 Å². The molecule has 4 nitrogen and oxygen atoms in total. The fourth-order valence-electron chi connectivity index (χ4n) is 2.93. The van der Waals surface area contributed by atoms with Crippen molar-refractivity contribution >= 4 is 11.7 Å². The van der Waals surface area contributed by atoms with Gasteiger partial charge in [0.25, 0.3) is 0 Å². The lowest BCUT2D eigenvalue weighted by Crippen LogP contribution is -2.42. The van der Waals surface area contributed by atoms with Gasteiger partial charge in [-0.15, -0.1) is 0 Å². The van der Waals surface area contributed by atoms with Crippen molar-refractivity contribution in [3.8, 4) is 0 Å². The summed E-state index contributed by atoms with van der Waals surface area (Å²) in [6, 6.07) is 8.21. The number of carbonyl (C=O) groups excluding carboxylic acids is 1. The van der Waals surface area contributed by atoms with Crippen molar-refractivity contribution in [1.29, 1.82) is 0 Å². The van der Waals surface area contributed by atoms with Crippen molar-refractivity contribution in [3.63, 3.8) is 0 Å². The summed E-state index contributed by atoms with van der Waals surface area (Å²) in [5, 5.41) is 3.02. The number of hydrogen-bond acceptors (Lipinski definition) is 2. The molecule has 1 fully saturated rings. The largest absolute Gasteiger partial charge is 0.324 e. The number of carbonyl (C=O) groups is 1. The third-order valence-electron chi connectivity index (χ3n) is 4.30. The monoisotopic (exact) mass is 289 g/mol. The Kier molecular flexibility index (Phi) is 5.62. The Balaban J connectivity index is 2.01. The van der Waals surface area contributed by atoms with Crippen molar-refractivity contribution in [2.75, 3.05) is 11.9 Å². The summed E-state index contributed by atoms with van der Waals surface area (Å²) in [5.74, 6) is 0. The third kappa shape index (κ3) is 4.21. The average molecular weight is 289 g/mol. The van der Waals surface area contributed by atoms with Gasteiger partial charge < -0.3 is 16.0 Å². The summed E-state index contributed by atoms with van der Waals surface area (Å²) in [6.07, 6.45) is 5.70. The summed E-state index contributed by atoms with van der Waals surface area (Å²) < 4.78 is 0. The molecular weight excluding hydrogens is 262 g/mol. The van der Waals surface area contributed by atoms with Crippen LogP contribution in [-0.4, -0.2) is 23.5 Å². The van der Waals surface area contributed by atoms with E-state index in [4.69, 9.17) is 5.73 Å². The van der Waals surface area contributed by atoms with E-state index in [2.05, 4.69) is 12.2 Å². The van der Waals surface area contributed by atoms with E-state index in [9.17, 15) is 4.79 Å². The van der Waals surface area contributed by atoms with E-state index in [1.807, 2.05) is 36.1 Å². The molecule has 1 aliphatic heterocycles. The summed E-state index contributed by atoms with van der Waals surface area (Å²) >= 11 is 0. The number of hydrogen-bond donors (Lipinski definition) is 2. The fraction of sp³-hybridized carbons (Fsp3) is 0.588. The molecule has 0 saturated carbocycles. The normalized spacial score (nSPS) is 20.7. The number of amides is 2. The maximum Gasteiger partial charge on any atom is 0.322 e. The topological polar surface area (TPSA) is 58.4 Å². The number of nitrogens with one attached hydrogen (secondary N) is 1. The Morgan fingerprint density at radius 2 is 2.05 bits per heavy atom. The Morgan fingerprint density at radius 3 is 2.67 bits per heavy atom. The van der Waals surface area contributed by atoms with Gasteiger partial charge in [-0.3, -0.25) is 0 Å². The zero-order valence-electron chi connectivity index (χ0n) is 13.1. The number of anilines is 1. The van der Waals surface area contributed by atoms with Crippen LogP contribution in [0.2, 0.25) is 0 Å². The molecule has 1 saturated heterocycles. The molecule has 116 valence electrons. The van der Waals surface area contributed by atoms with Crippen LogP contribution in [0.4, 0.5) is 10.5 Å². The zero-order chi connectivity index (χ0) is 15.2. The highest BCUT2D eigenvalue weighted by Gasteiger charge is 2.23. The molecule has 2 amide bonds. The molecule has 1 aliphatic rings. The quantitative estimate of drug-likeness (QED) is 0.886. The first-order valence-electron chi connectivity index (χ1n) is 8.05. The first-order valence-corrected chi connectivity index (χ1v) is 8.05. The first kappa shape index (κ1) is 15.8. The van der Waals surface area contributed by atoms with Gasteiger partial charge in [0.15, 0.2) is 0 Å². The van der Waals surface area contributed by atoms with Crippen LogP contribution in [0.5, 0.6) is 0 Å². The molecule has 21 heavy (non-hydrogen) atoms. The van der Waals surface area contributed by atoms with Gasteiger partial charge in [0.1, 0.15) is 0 Å². The molecule has 1 aromatic rings. The van der Waals surface area contributed by atoms with E-state index in [1.54, 1.807) is 0 Å². The van der Waals surface area contributed by atoms with E-state index < -0.39 is 0 Å². The number of likely N-dealkylation sites (tertiary alicyclic amines) is 1. The van der Waals surface area contributed by atoms with Crippen LogP contribution in [0, 0.1) is 0 Å². The molecule has 4 heteroatoms. The molecule has 0 bridgehead atoms. The van der Waals surface area contributed by atoms with Crippen molar-refractivity contribution in [2.24, 2.45) is 5.73 Å². The smallest absolute Gasteiger partial charge is 0.322 e. The van der Waals surface area contributed by atoms with E-state index in [1.165, 1.54) is 12.8 Å². The second kappa shape index (κ2) is 7.46. The summed E-state index contributed by atoms with van der Waals surface area (Å²) in [7, 11) is 0. The van der Waals surface area contributed by atoms with E-state index >= 15 is 0 Å². The minimum Gasteiger partial charge on any atom is -0.324 e. The molecule has 0 spiro atoms. The molecule has 0 aromatic heterocycles. The standard InChI is InChI=1S/C17H27N3O/c1-3-16-7-5-4-6-12-20(16)17(21)19-15-10-8-14(9-11-15)13(2)18/h8-11,13,16H,3-7,12,18H2,1-2H3,(H,19,21). The summed E-state index contributed by atoms with van der Waals surface area (Å²) in [5.41, 5.74) is 7.75. The fourth-order valence-corrected chi connectivity index (χ4v) is 2.93. The van der Waals surface area contributed by atoms with Gasteiger partial charge in [-0.25, -0.2) is 4.79 Å². The van der Waals surface area contributed by atoms with Crippen LogP contribution in [0.25, 0.3) is 0 Å². The zero-order valence-corrected chi connectivity index (χ0v) is 13.1. The molecule has 0 radical (unpaired) electrons. The average Bonchev–Trinajstić information content (AvgIpc) is 2.72. The van der Waals surface area contributed by atoms with Gasteiger partial charge in [-0.05, 0) is 43.9 Å². The predicted octanol–water partition coefficient (Wildman–Crippen LogP) is 3.89. The molecule has 1 heterocycles. The van der Waals surface area contributed by atoms with Gasteiger partial charge in [0, 0.05) is 24.3 Å². The molecule has 3 N–H and O–H groups in total. The van der Waals surface area contributed by atoms with Gasteiger partial charge in [0.2, 0.25) is 0 Å². The molecule has 2 rings (SSSR count). The summed E-state index contributed by atoms with van der Waals surface area (Å²) in [4.78, 5) is 14.5. The minimum atomic E-state index is 0.0184. The number of urea groups is 1. The van der Waals surface area contributed by atoms with Crippen molar-refractivity contribution in [1.82, 2.24) is 4.90 Å². The second-order valence-corrected chi connectivity index (χ2v) is 5.95. The maximum absolute atomic E-state index is 12.5. The molecule has 0 aliphatic carbocycles. The van der Waals surface area contributed by atoms with E-state index in [0.717, 1.165) is 37.1 Å². The lowest BCUT2D eigenvalue weighted by atomic mass is 10.1. The third-order valence-corrected chi connectivity index (χ3v) is 4.30. The van der Waals surface area contributed by atoms with Gasteiger partial charge in [-0.1, -0.05) is 31.9 Å². The van der Waals surface area contributed by atoms with E-state index in [-0.39, 0.29) is 12.1 Å². The van der Waals surface area contributed by atoms with Crippen LogP contribution in [0.1, 0.15) is 57.6 Å². The van der Waals surface area contributed by atoms with Crippen molar-refractivity contribution in [3.05, 3.63) is 29.8 Å². The number of nitrogens with two attached hydrogens (primary N) is 1. The van der Waals surface area contributed by atoms with Crippen molar-refractivity contribution < 1.29 is 4.79 Å². The highest BCUT2D eigenvalue weighted by molar-refractivity contribution is 5.89. The Labute approximate surface area is 127 Å². The lowest BCUT2D eigenvalue weighted by Gasteiger charge is -2.29. The van der Waals surface area contributed by atoms with E-state index in [0.29, 0.717) is 6.04 Å². The summed E-state index contributed by atoms with van der Waals surface area (Å²) in [6.45, 7) is 4.98. The maximum atomic E-state index is 12.5. The van der Waals surface area contributed by atoms with Crippen LogP contribution < -0.4 is 11.1 Å². The Morgan fingerprint density at radius 1 is 1.33 bits per heavy atom. The molecule has 2 unspecified atom stereocenters. The highest BCUT2D eigenvalue weighted by Crippen LogP contribution is 2.21. The SMILES string of the molecule is CCC1CCCCCN1C(=O)Nc1ccc(C(C)N)cc1. The number of benzene rings is 1. The molecular formula is C17H27N3O. The predicted molar refractivity (Wildman–Crippen MR) is 87.3 cm³/mol. The number of nitrogens with zero attached hydrogens (tertiary/aromatic N) is 1. The highest BCUT2D eigenvalue weighted by atomic mass is 16.2. The number of rotatable bonds is 3. The van der Waals surface area contributed by atoms with Crippen LogP contribution >= 0.6 is 0 Å². The van der Waals surface area contributed by atoms with Crippen LogP contribution in [-0.2, 0) is 0 Å². The van der Waals surface area contributed by atoms with Gasteiger partial charge in [0.05, 0.1) is 0 Å². The minimum absolute atomic E-state index is 0.0184. The van der Waals surface area contributed by atoms with Crippen molar-refractivity contribution in [2.45, 2.75) is 58.0 Å². The Bertz CT molecular complexity index is 456. The Hall–Kier alpha value is -1.55. The first-order chi connectivity index (χ1) is 10.1. The molecule has 1 aromatic carbocycles. The van der Waals surface area contributed by atoms with Gasteiger partial charge in [-0.2, -0.15) is 0 Å². The van der Waals surface area contributed by atoms with Crippen LogP contribution in [0.15, 0.2) is 24.3 Å². The lowest BCUT2D eigenvalue weighted by molar-refractivity contribution is 0.187.